The van der Waals surface area contributed by atoms with E-state index in [0.29, 0.717) is 0 Å². The molecule has 1 unspecified atom stereocenters. The second-order valence-corrected chi connectivity index (χ2v) is 7.13. The molecule has 1 aromatic rings. The van der Waals surface area contributed by atoms with Gasteiger partial charge in [-0.2, -0.15) is 0 Å². The van der Waals surface area contributed by atoms with Gasteiger partial charge in [-0.25, -0.2) is 0 Å². The van der Waals surface area contributed by atoms with Gasteiger partial charge in [-0.15, -0.1) is 0 Å². The Kier molecular flexibility index (Phi) is 5.26. The molecule has 1 aromatic carbocycles. The number of carbonyl (C=O) groups excluding carboxylic acids is 1. The van der Waals surface area contributed by atoms with E-state index in [1.807, 2.05) is 19.1 Å². The molecule has 5 heteroatoms. The number of benzene rings is 1. The van der Waals surface area contributed by atoms with Crippen LogP contribution in [0.15, 0.2) is 21.1 Å². The van der Waals surface area contributed by atoms with Gasteiger partial charge < -0.3 is 10.6 Å². The Hall–Kier alpha value is -0.390. The molecule has 1 heterocycles. The van der Waals surface area contributed by atoms with Gasteiger partial charge in [0.15, 0.2) is 0 Å². The average molecular weight is 404 g/mol. The molecule has 20 heavy (non-hydrogen) atoms. The molecule has 1 atom stereocenters. The van der Waals surface area contributed by atoms with E-state index in [1.165, 1.54) is 0 Å². The molecule has 0 bridgehead atoms. The van der Waals surface area contributed by atoms with E-state index in [0.717, 1.165) is 52.4 Å². The second kappa shape index (κ2) is 6.58. The number of amides is 1. The smallest absolute Gasteiger partial charge is 0.244 e. The number of rotatable bonds is 4. The summed E-state index contributed by atoms with van der Waals surface area (Å²) in [5, 5.41) is 6.48. The van der Waals surface area contributed by atoms with Crippen molar-refractivity contribution in [3.63, 3.8) is 0 Å². The third-order valence-corrected chi connectivity index (χ3v) is 5.03. The fourth-order valence-corrected chi connectivity index (χ4v) is 4.42. The number of aryl methyl sites for hydroxylation is 1. The van der Waals surface area contributed by atoms with Gasteiger partial charge in [0.05, 0.1) is 11.2 Å². The quantitative estimate of drug-likeness (QED) is 0.782. The maximum Gasteiger partial charge on any atom is 0.244 e. The van der Waals surface area contributed by atoms with Crippen LogP contribution in [0.25, 0.3) is 0 Å². The van der Waals surface area contributed by atoms with Gasteiger partial charge in [0.25, 0.3) is 0 Å². The molecule has 2 N–H and O–H groups in total. The van der Waals surface area contributed by atoms with Gasteiger partial charge >= 0.3 is 0 Å². The maximum absolute atomic E-state index is 12.7. The minimum absolute atomic E-state index is 0.0714. The first-order valence-electron chi connectivity index (χ1n) is 7.00. The first-order valence-corrected chi connectivity index (χ1v) is 8.59. The van der Waals surface area contributed by atoms with Gasteiger partial charge in [-0.1, -0.05) is 13.3 Å². The third-order valence-electron chi connectivity index (χ3n) is 3.78. The third kappa shape index (κ3) is 3.26. The lowest BCUT2D eigenvalue weighted by Crippen LogP contribution is -2.50. The number of anilines is 1. The van der Waals surface area contributed by atoms with Crippen molar-refractivity contribution in [2.75, 3.05) is 11.9 Å². The zero-order valence-corrected chi connectivity index (χ0v) is 15.0. The average Bonchev–Trinajstić information content (AvgIpc) is 2.83. The minimum Gasteiger partial charge on any atom is -0.323 e. The normalized spacial score (nSPS) is 22.0. The number of carbonyl (C=O) groups is 1. The molecule has 1 saturated heterocycles. The Labute approximate surface area is 137 Å². The predicted molar refractivity (Wildman–Crippen MR) is 90.1 cm³/mol. The first kappa shape index (κ1) is 16.0. The Balaban J connectivity index is 2.23. The molecule has 0 saturated carbocycles. The summed E-state index contributed by atoms with van der Waals surface area (Å²) in [5.74, 6) is 0.0714. The van der Waals surface area contributed by atoms with Crippen molar-refractivity contribution < 1.29 is 4.79 Å². The van der Waals surface area contributed by atoms with Gasteiger partial charge in [0.1, 0.15) is 0 Å². The lowest BCUT2D eigenvalue weighted by Gasteiger charge is -2.28. The Morgan fingerprint density at radius 1 is 1.40 bits per heavy atom. The molecule has 0 aromatic heterocycles. The highest BCUT2D eigenvalue weighted by molar-refractivity contribution is 9.11. The van der Waals surface area contributed by atoms with Crippen LogP contribution in [0.2, 0.25) is 0 Å². The van der Waals surface area contributed by atoms with E-state index in [1.54, 1.807) is 0 Å². The van der Waals surface area contributed by atoms with Crippen molar-refractivity contribution in [1.82, 2.24) is 5.32 Å². The van der Waals surface area contributed by atoms with Crippen molar-refractivity contribution in [2.45, 2.75) is 45.1 Å². The van der Waals surface area contributed by atoms with E-state index in [4.69, 9.17) is 0 Å². The summed E-state index contributed by atoms with van der Waals surface area (Å²) in [4.78, 5) is 12.7. The molecule has 2 rings (SSSR count). The monoisotopic (exact) mass is 402 g/mol. The van der Waals surface area contributed by atoms with E-state index < -0.39 is 5.54 Å². The number of hydrogen-bond acceptors (Lipinski definition) is 2. The molecule has 0 spiro atoms. The van der Waals surface area contributed by atoms with Crippen molar-refractivity contribution in [3.05, 3.63) is 26.6 Å². The van der Waals surface area contributed by atoms with E-state index in [-0.39, 0.29) is 5.91 Å². The lowest BCUT2D eigenvalue weighted by atomic mass is 9.91. The fourth-order valence-electron chi connectivity index (χ4n) is 2.81. The largest absolute Gasteiger partial charge is 0.323 e. The standard InChI is InChI=1S/C15H20Br2N2O/c1-3-5-15(6-4-7-18-15)14(20)19-13-11(16)8-10(2)9-12(13)17/h8-9,18H,3-7H2,1-2H3,(H,19,20). The van der Waals surface area contributed by atoms with E-state index >= 15 is 0 Å². The van der Waals surface area contributed by atoms with Crippen LogP contribution in [0.1, 0.15) is 38.2 Å². The summed E-state index contributed by atoms with van der Waals surface area (Å²) >= 11 is 7.05. The van der Waals surface area contributed by atoms with Gasteiger partial charge in [-0.05, 0) is 82.3 Å². The second-order valence-electron chi connectivity index (χ2n) is 5.42. The Morgan fingerprint density at radius 3 is 2.55 bits per heavy atom. The minimum atomic E-state index is -0.404. The van der Waals surface area contributed by atoms with Crippen molar-refractivity contribution in [3.8, 4) is 0 Å². The topological polar surface area (TPSA) is 41.1 Å². The lowest BCUT2D eigenvalue weighted by molar-refractivity contribution is -0.122. The Morgan fingerprint density at radius 2 is 2.05 bits per heavy atom. The summed E-state index contributed by atoms with van der Waals surface area (Å²) in [5.41, 5.74) is 1.55. The first-order chi connectivity index (χ1) is 9.48. The molecular weight excluding hydrogens is 384 g/mol. The zero-order valence-electron chi connectivity index (χ0n) is 11.9. The highest BCUT2D eigenvalue weighted by Crippen LogP contribution is 2.34. The summed E-state index contributed by atoms with van der Waals surface area (Å²) < 4.78 is 1.81. The van der Waals surface area contributed by atoms with Crippen LogP contribution in [-0.4, -0.2) is 18.0 Å². The number of hydrogen-bond donors (Lipinski definition) is 2. The van der Waals surface area contributed by atoms with E-state index in [2.05, 4.69) is 49.4 Å². The van der Waals surface area contributed by atoms with Gasteiger partial charge in [-0.3, -0.25) is 4.79 Å². The number of halogens is 2. The molecule has 3 nitrogen and oxygen atoms in total. The van der Waals surface area contributed by atoms with Crippen molar-refractivity contribution >= 4 is 43.5 Å². The Bertz CT molecular complexity index is 488. The molecular formula is C15H20Br2N2O. The molecule has 0 radical (unpaired) electrons. The van der Waals surface area contributed by atoms with Crippen molar-refractivity contribution in [2.24, 2.45) is 0 Å². The fraction of sp³-hybridized carbons (Fsp3) is 0.533. The highest BCUT2D eigenvalue weighted by atomic mass is 79.9. The van der Waals surface area contributed by atoms with Crippen LogP contribution in [0.3, 0.4) is 0 Å². The molecule has 1 fully saturated rings. The van der Waals surface area contributed by atoms with Crippen LogP contribution in [0.4, 0.5) is 5.69 Å². The van der Waals surface area contributed by atoms with E-state index in [9.17, 15) is 4.79 Å². The summed E-state index contributed by atoms with van der Waals surface area (Å²) in [6, 6.07) is 4.02. The van der Waals surface area contributed by atoms with Crippen LogP contribution in [-0.2, 0) is 4.79 Å². The van der Waals surface area contributed by atoms with Crippen LogP contribution >= 0.6 is 31.9 Å². The summed E-state index contributed by atoms with van der Waals surface area (Å²) in [7, 11) is 0. The molecule has 1 aliphatic heterocycles. The number of nitrogens with one attached hydrogen (secondary N) is 2. The molecule has 110 valence electrons. The predicted octanol–water partition coefficient (Wildman–Crippen LogP) is 4.38. The van der Waals surface area contributed by atoms with Crippen LogP contribution in [0.5, 0.6) is 0 Å². The molecule has 0 aliphatic carbocycles. The van der Waals surface area contributed by atoms with Crippen LogP contribution < -0.4 is 10.6 Å². The molecule has 1 amide bonds. The summed E-state index contributed by atoms with van der Waals surface area (Å²) in [6.45, 7) is 5.06. The SMILES string of the molecule is CCCC1(C(=O)Nc2c(Br)cc(C)cc2Br)CCCN1. The van der Waals surface area contributed by atoms with Gasteiger partial charge in [0.2, 0.25) is 5.91 Å². The molecule has 1 aliphatic rings. The summed E-state index contributed by atoms with van der Waals surface area (Å²) in [6.07, 6.45) is 3.84. The zero-order chi connectivity index (χ0) is 14.8. The highest BCUT2D eigenvalue weighted by Gasteiger charge is 2.40. The maximum atomic E-state index is 12.7. The van der Waals surface area contributed by atoms with Crippen molar-refractivity contribution in [1.29, 1.82) is 0 Å². The van der Waals surface area contributed by atoms with Crippen LogP contribution in [0, 0.1) is 6.92 Å². The van der Waals surface area contributed by atoms with Gasteiger partial charge in [0, 0.05) is 8.95 Å².